The van der Waals surface area contributed by atoms with Gasteiger partial charge in [-0.25, -0.2) is 0 Å². The maximum Gasteiger partial charge on any atom is 0.263 e. The zero-order chi connectivity index (χ0) is 16.5. The molecule has 0 N–H and O–H groups in total. The molecule has 1 heterocycles. The first-order valence-electron chi connectivity index (χ1n) is 8.02. The van der Waals surface area contributed by atoms with E-state index in [1.54, 1.807) is 0 Å². The summed E-state index contributed by atoms with van der Waals surface area (Å²) in [4.78, 5) is 13.2. The van der Waals surface area contributed by atoms with E-state index in [1.807, 2.05) is 77.4 Å². The Morgan fingerprint density at radius 3 is 1.88 bits per heavy atom. The molecule has 2 nitrogen and oxygen atoms in total. The third-order valence-corrected chi connectivity index (χ3v) is 4.41. The van der Waals surface area contributed by atoms with Crippen LogP contribution in [0.5, 0.6) is 0 Å². The number of nitrogens with zero attached hydrogens (tertiary/aromatic N) is 1. The van der Waals surface area contributed by atoms with Gasteiger partial charge in [-0.1, -0.05) is 66.7 Å². The second-order valence-electron chi connectivity index (χ2n) is 5.86. The predicted octanol–water partition coefficient (Wildman–Crippen LogP) is 4.97. The third-order valence-electron chi connectivity index (χ3n) is 4.41. The Hall–Kier alpha value is -3.13. The Labute approximate surface area is 140 Å². The van der Waals surface area contributed by atoms with E-state index in [0.29, 0.717) is 0 Å². The lowest BCUT2D eigenvalue weighted by Crippen LogP contribution is -2.21. The summed E-state index contributed by atoms with van der Waals surface area (Å²) in [5.74, 6) is 0. The highest BCUT2D eigenvalue weighted by Crippen LogP contribution is 2.29. The maximum absolute atomic E-state index is 13.2. The van der Waals surface area contributed by atoms with Crippen molar-refractivity contribution < 1.29 is 0 Å². The Morgan fingerprint density at radius 2 is 1.21 bits per heavy atom. The standard InChI is InChI=1S/C22H17NO/c1-16-19-14-8-9-15-20(19)22(24)23(18-12-6-3-7-13-18)21(16)17-10-4-2-5-11-17/h2-15H,1H3. The second-order valence-corrected chi connectivity index (χ2v) is 5.86. The van der Waals surface area contributed by atoms with Gasteiger partial charge < -0.3 is 0 Å². The largest absolute Gasteiger partial charge is 0.276 e. The fourth-order valence-electron chi connectivity index (χ4n) is 3.28. The van der Waals surface area contributed by atoms with Gasteiger partial charge >= 0.3 is 0 Å². The molecule has 0 amide bonds. The first-order valence-corrected chi connectivity index (χ1v) is 8.02. The van der Waals surface area contributed by atoms with Crippen molar-refractivity contribution in [2.45, 2.75) is 6.92 Å². The summed E-state index contributed by atoms with van der Waals surface area (Å²) in [5.41, 5.74) is 4.00. The summed E-state index contributed by atoms with van der Waals surface area (Å²) in [7, 11) is 0. The molecule has 0 aliphatic carbocycles. The molecule has 24 heavy (non-hydrogen) atoms. The summed E-state index contributed by atoms with van der Waals surface area (Å²) >= 11 is 0. The fourth-order valence-corrected chi connectivity index (χ4v) is 3.28. The predicted molar refractivity (Wildman–Crippen MR) is 99.7 cm³/mol. The lowest BCUT2D eigenvalue weighted by Gasteiger charge is -2.18. The van der Waals surface area contributed by atoms with Crippen LogP contribution in [0.1, 0.15) is 5.56 Å². The van der Waals surface area contributed by atoms with E-state index in [2.05, 4.69) is 19.1 Å². The van der Waals surface area contributed by atoms with Crippen molar-refractivity contribution in [3.8, 4) is 16.9 Å². The molecular weight excluding hydrogens is 294 g/mol. The van der Waals surface area contributed by atoms with Crippen molar-refractivity contribution in [1.29, 1.82) is 0 Å². The van der Waals surface area contributed by atoms with E-state index < -0.39 is 0 Å². The van der Waals surface area contributed by atoms with Gasteiger partial charge in [-0.2, -0.15) is 0 Å². The number of hydrogen-bond donors (Lipinski definition) is 0. The number of para-hydroxylation sites is 1. The molecule has 3 aromatic carbocycles. The molecule has 2 heteroatoms. The van der Waals surface area contributed by atoms with Crippen LogP contribution in [0.25, 0.3) is 27.7 Å². The minimum Gasteiger partial charge on any atom is -0.276 e. The van der Waals surface area contributed by atoms with Gasteiger partial charge in [0.15, 0.2) is 0 Å². The molecule has 0 atom stereocenters. The zero-order valence-corrected chi connectivity index (χ0v) is 13.4. The van der Waals surface area contributed by atoms with E-state index in [9.17, 15) is 4.79 Å². The molecule has 0 unspecified atom stereocenters. The Balaban J connectivity index is 2.21. The first-order chi connectivity index (χ1) is 11.8. The monoisotopic (exact) mass is 311 g/mol. The number of benzene rings is 3. The van der Waals surface area contributed by atoms with Gasteiger partial charge in [0.05, 0.1) is 5.69 Å². The van der Waals surface area contributed by atoms with Gasteiger partial charge in [0, 0.05) is 11.1 Å². The van der Waals surface area contributed by atoms with Crippen molar-refractivity contribution in [2.75, 3.05) is 0 Å². The molecule has 0 saturated heterocycles. The van der Waals surface area contributed by atoms with Crippen molar-refractivity contribution in [2.24, 2.45) is 0 Å². The smallest absolute Gasteiger partial charge is 0.263 e. The van der Waals surface area contributed by atoms with Crippen molar-refractivity contribution in [3.63, 3.8) is 0 Å². The Bertz CT molecular complexity index is 1060. The van der Waals surface area contributed by atoms with Crippen LogP contribution < -0.4 is 5.56 Å². The van der Waals surface area contributed by atoms with Crippen molar-refractivity contribution in [1.82, 2.24) is 4.57 Å². The molecule has 0 bridgehead atoms. The van der Waals surface area contributed by atoms with Gasteiger partial charge in [0.1, 0.15) is 0 Å². The molecule has 4 rings (SSSR count). The molecule has 0 aliphatic rings. The number of rotatable bonds is 2. The van der Waals surface area contributed by atoms with Crippen LogP contribution in [0.15, 0.2) is 89.7 Å². The average molecular weight is 311 g/mol. The minimum atomic E-state index is 0.0150. The summed E-state index contributed by atoms with van der Waals surface area (Å²) < 4.78 is 1.83. The van der Waals surface area contributed by atoms with Crippen LogP contribution in [0.2, 0.25) is 0 Å². The van der Waals surface area contributed by atoms with E-state index in [-0.39, 0.29) is 5.56 Å². The third kappa shape index (κ3) is 2.24. The van der Waals surface area contributed by atoms with E-state index in [0.717, 1.165) is 33.3 Å². The van der Waals surface area contributed by atoms with E-state index in [4.69, 9.17) is 0 Å². The normalized spacial score (nSPS) is 10.9. The highest BCUT2D eigenvalue weighted by molar-refractivity contribution is 5.90. The highest BCUT2D eigenvalue weighted by atomic mass is 16.1. The Kier molecular flexibility index (Phi) is 3.51. The number of aromatic nitrogens is 1. The van der Waals surface area contributed by atoms with Gasteiger partial charge in [0.25, 0.3) is 5.56 Å². The number of fused-ring (bicyclic) bond motifs is 1. The second kappa shape index (κ2) is 5.82. The van der Waals surface area contributed by atoms with Crippen molar-refractivity contribution in [3.05, 3.63) is 101 Å². The summed E-state index contributed by atoms with van der Waals surface area (Å²) in [6.45, 7) is 2.09. The Morgan fingerprint density at radius 1 is 0.667 bits per heavy atom. The van der Waals surface area contributed by atoms with Crippen LogP contribution in [-0.4, -0.2) is 4.57 Å². The van der Waals surface area contributed by atoms with Gasteiger partial charge in [-0.05, 0) is 41.6 Å². The molecule has 1 aromatic heterocycles. The molecule has 0 fully saturated rings. The van der Waals surface area contributed by atoms with Crippen LogP contribution in [0, 0.1) is 6.92 Å². The SMILES string of the molecule is Cc1c(-c2ccccc2)n(-c2ccccc2)c(=O)c2ccccc12. The molecular formula is C22H17NO. The molecule has 0 aliphatic heterocycles. The van der Waals surface area contributed by atoms with Gasteiger partial charge in [0.2, 0.25) is 0 Å². The molecule has 0 saturated carbocycles. The zero-order valence-electron chi connectivity index (χ0n) is 13.4. The molecule has 116 valence electrons. The number of aryl methyl sites for hydroxylation is 1. The van der Waals surface area contributed by atoms with E-state index >= 15 is 0 Å². The molecule has 4 aromatic rings. The number of pyridine rings is 1. The average Bonchev–Trinajstić information content (AvgIpc) is 2.66. The van der Waals surface area contributed by atoms with Crippen LogP contribution in [-0.2, 0) is 0 Å². The molecule has 0 radical (unpaired) electrons. The van der Waals surface area contributed by atoms with Gasteiger partial charge in [-0.3, -0.25) is 9.36 Å². The lowest BCUT2D eigenvalue weighted by molar-refractivity contribution is 1.01. The summed E-state index contributed by atoms with van der Waals surface area (Å²) in [6.07, 6.45) is 0. The highest BCUT2D eigenvalue weighted by Gasteiger charge is 2.16. The quantitative estimate of drug-likeness (QED) is 0.512. The van der Waals surface area contributed by atoms with Crippen LogP contribution in [0.4, 0.5) is 0 Å². The van der Waals surface area contributed by atoms with Crippen LogP contribution in [0.3, 0.4) is 0 Å². The summed E-state index contributed by atoms with van der Waals surface area (Å²) in [5, 5.41) is 1.76. The minimum absolute atomic E-state index is 0.0150. The molecule has 0 spiro atoms. The fraction of sp³-hybridized carbons (Fsp3) is 0.0455. The topological polar surface area (TPSA) is 22.0 Å². The maximum atomic E-state index is 13.2. The van der Waals surface area contributed by atoms with Crippen molar-refractivity contribution >= 4 is 10.8 Å². The lowest BCUT2D eigenvalue weighted by atomic mass is 9.99. The van der Waals surface area contributed by atoms with E-state index in [1.165, 1.54) is 0 Å². The first kappa shape index (κ1) is 14.5. The number of hydrogen-bond acceptors (Lipinski definition) is 1. The summed E-state index contributed by atoms with van der Waals surface area (Å²) in [6, 6.07) is 27.8. The van der Waals surface area contributed by atoms with Gasteiger partial charge in [-0.15, -0.1) is 0 Å². The van der Waals surface area contributed by atoms with Crippen LogP contribution >= 0.6 is 0 Å².